The van der Waals surface area contributed by atoms with Gasteiger partial charge in [-0.05, 0) is 17.2 Å². The van der Waals surface area contributed by atoms with Crippen LogP contribution in [0.15, 0.2) is 121 Å². The van der Waals surface area contributed by atoms with Crippen LogP contribution in [-0.2, 0) is 20.8 Å². The van der Waals surface area contributed by atoms with Crippen molar-refractivity contribution in [2.24, 2.45) is 0 Å². The number of hydrogen-bond donors (Lipinski definition) is 0. The van der Waals surface area contributed by atoms with E-state index in [4.69, 9.17) is 50.3 Å². The predicted molar refractivity (Wildman–Crippen MR) is 205 cm³/mol. The van der Waals surface area contributed by atoms with E-state index in [0.29, 0.717) is 0 Å². The van der Waals surface area contributed by atoms with Gasteiger partial charge < -0.3 is 0 Å². The fraction of sp³-hybridized carbons (Fsp3) is 0.189. The van der Waals surface area contributed by atoms with Crippen molar-refractivity contribution in [2.45, 2.75) is 45.3 Å². The quantitative estimate of drug-likeness (QED) is 0.0652. The Morgan fingerprint density at radius 3 is 1.42 bits per heavy atom. The van der Waals surface area contributed by atoms with E-state index >= 15 is 0 Å². The van der Waals surface area contributed by atoms with E-state index in [2.05, 4.69) is 142 Å². The van der Waals surface area contributed by atoms with Gasteiger partial charge in [0.1, 0.15) is 0 Å². The van der Waals surface area contributed by atoms with Gasteiger partial charge in [-0.15, -0.1) is 102 Å². The van der Waals surface area contributed by atoms with Crippen LogP contribution in [0, 0.1) is 13.8 Å². The first-order valence-corrected chi connectivity index (χ1v) is 28.1. The van der Waals surface area contributed by atoms with E-state index in [1.165, 1.54) is 67.4 Å². The van der Waals surface area contributed by atoms with E-state index in [0.717, 1.165) is 22.0 Å². The third-order valence-electron chi connectivity index (χ3n) is 7.10. The Bertz CT molecular complexity index is 1580. The van der Waals surface area contributed by atoms with Gasteiger partial charge in [-0.1, -0.05) is 123 Å². The number of halogens is 5. The van der Waals surface area contributed by atoms with Gasteiger partial charge in [0.05, 0.1) is 0 Å². The van der Waals surface area contributed by atoms with Crippen LogP contribution in [0.3, 0.4) is 0 Å². The summed E-state index contributed by atoms with van der Waals surface area (Å²) < 4.78 is 0. The van der Waals surface area contributed by atoms with Gasteiger partial charge in [-0.3, -0.25) is 0 Å². The van der Waals surface area contributed by atoms with Crippen LogP contribution in [0.4, 0.5) is 0 Å². The van der Waals surface area contributed by atoms with Crippen LogP contribution in [0.1, 0.15) is 24.0 Å². The summed E-state index contributed by atoms with van der Waals surface area (Å²) in [7, 11) is 10.9. The molecule has 0 fully saturated rings. The zero-order chi connectivity index (χ0) is 32.7. The van der Waals surface area contributed by atoms with Gasteiger partial charge in [0, 0.05) is 9.52 Å². The summed E-state index contributed by atoms with van der Waals surface area (Å²) in [5, 5.41) is 5.37. The first kappa shape index (κ1) is 38.3. The van der Waals surface area contributed by atoms with Crippen LogP contribution in [0.25, 0.3) is 43.8 Å². The topological polar surface area (TPSA) is 0 Å². The van der Waals surface area contributed by atoms with Crippen molar-refractivity contribution in [1.82, 2.24) is 0 Å². The second-order valence-corrected chi connectivity index (χ2v) is 24.9. The fourth-order valence-corrected chi connectivity index (χ4v) is 7.59. The van der Waals surface area contributed by atoms with Gasteiger partial charge in [-0.2, -0.15) is 12.1 Å². The molecular weight excluding hydrogens is 769 g/mol. The number of rotatable bonds is 7. The predicted octanol–water partition coefficient (Wildman–Crippen LogP) is 14.0. The average molecular weight is 806 g/mol. The first-order valence-electron chi connectivity index (χ1n) is 14.8. The van der Waals surface area contributed by atoms with Crippen molar-refractivity contribution >= 4 is 87.3 Å². The molecule has 6 rings (SSSR count). The molecule has 0 amide bonds. The maximum atomic E-state index is 5.68. The molecule has 0 heterocycles. The molecule has 0 spiro atoms. The van der Waals surface area contributed by atoms with Crippen molar-refractivity contribution in [3.63, 3.8) is 0 Å². The van der Waals surface area contributed by atoms with E-state index in [9.17, 15) is 0 Å². The first-order chi connectivity index (χ1) is 21.7. The minimum atomic E-state index is -2.29. The molecule has 0 aromatic heterocycles. The van der Waals surface area contributed by atoms with Gasteiger partial charge in [0.25, 0.3) is 0 Å². The van der Waals surface area contributed by atoms with Crippen LogP contribution in [-0.4, -0.2) is 15.5 Å². The molecule has 232 valence electrons. The van der Waals surface area contributed by atoms with Gasteiger partial charge in [0.2, 0.25) is 0 Å². The molecule has 0 aliphatic heterocycles. The number of fused-ring (bicyclic) bond motifs is 2. The summed E-state index contributed by atoms with van der Waals surface area (Å²) in [4.78, 5) is 0. The molecule has 0 saturated heterocycles. The maximum absolute atomic E-state index is 5.68. The van der Waals surface area contributed by atoms with Crippen molar-refractivity contribution in [1.29, 1.82) is 0 Å². The number of benzene rings is 4. The molecule has 0 unspecified atom stereocenters. The molecule has 0 N–H and O–H groups in total. The Balaban J connectivity index is 0.000000182. The molecule has 0 atom stereocenters. The fourth-order valence-electron chi connectivity index (χ4n) is 5.14. The van der Waals surface area contributed by atoms with Crippen LogP contribution in [0.2, 0.25) is 18.6 Å². The summed E-state index contributed by atoms with van der Waals surface area (Å²) in [6.07, 6.45) is 2.30. The van der Waals surface area contributed by atoms with Crippen LogP contribution < -0.4 is 0 Å². The van der Waals surface area contributed by atoms with E-state index in [-0.39, 0.29) is 0 Å². The summed E-state index contributed by atoms with van der Waals surface area (Å²) in [5.41, 5.74) is 7.89. The van der Waals surface area contributed by atoms with Crippen molar-refractivity contribution in [2.75, 3.05) is 0 Å². The van der Waals surface area contributed by atoms with E-state index in [1.54, 1.807) is 0 Å². The Morgan fingerprint density at radius 1 is 0.622 bits per heavy atom. The number of aryl methyl sites for hydroxylation is 2. The molecule has 0 aliphatic carbocycles. The molecular formula is C37H37Cl5Si2Zr. The van der Waals surface area contributed by atoms with Crippen molar-refractivity contribution in [3.05, 3.63) is 132 Å². The average Bonchev–Trinajstić information content (AvgIpc) is 3.61. The third-order valence-corrected chi connectivity index (χ3v) is 10.6. The van der Waals surface area contributed by atoms with Crippen LogP contribution >= 0.6 is 50.3 Å². The summed E-state index contributed by atoms with van der Waals surface area (Å²) in [6.45, 7) is 6.50. The zero-order valence-electron chi connectivity index (χ0n) is 25.8. The summed E-state index contributed by atoms with van der Waals surface area (Å²) in [5.74, 6) is 0. The van der Waals surface area contributed by atoms with E-state index < -0.39 is 26.9 Å². The number of unbranched alkanes of at least 4 members (excludes halogenated alkanes) is 1. The second kappa shape index (κ2) is 20.3. The van der Waals surface area contributed by atoms with Gasteiger partial charge in [0.15, 0.2) is 0 Å². The molecule has 45 heavy (non-hydrogen) atoms. The number of hydrogen-bond acceptors (Lipinski definition) is 0. The molecule has 0 bridgehead atoms. The monoisotopic (exact) mass is 802 g/mol. The Hall–Kier alpha value is -1.13. The SMILES string of the molecule is C[Si]CCCC[Si](Cl)(Cl)Cl.Cc1cc2c(-c3ccccc3)cccc2[cH-]1.Cc1cc2c(-c3ccccc3)cccc2[cH-]1.[Cl][Zr+2][Cl]. The standard InChI is InChI=1S/2C16H13.C5H11Cl3Si2.2ClH.Zr/c2*1-12-10-14-8-5-9-15(16(14)11-12)13-6-3-2-4-7-13;1-9-4-2-3-5-10(6,7)8;;;/h2*2-11H,1H3;2-5H2,1H3;2*1H;/q2*-1;;;;+4/p-2. The van der Waals surface area contributed by atoms with Crippen molar-refractivity contribution in [3.8, 4) is 22.3 Å². The van der Waals surface area contributed by atoms with Gasteiger partial charge >= 0.3 is 43.9 Å². The van der Waals surface area contributed by atoms with Gasteiger partial charge in [-0.25, -0.2) is 0 Å². The molecule has 6 aromatic carbocycles. The molecule has 6 aromatic rings. The molecule has 0 nitrogen and oxygen atoms in total. The second-order valence-electron chi connectivity index (χ2n) is 10.7. The third kappa shape index (κ3) is 13.1. The Labute approximate surface area is 305 Å². The van der Waals surface area contributed by atoms with E-state index in [1.807, 2.05) is 0 Å². The molecule has 2 radical (unpaired) electrons. The van der Waals surface area contributed by atoms with Crippen LogP contribution in [0.5, 0.6) is 0 Å². The summed E-state index contributed by atoms with van der Waals surface area (Å²) in [6, 6.07) is 42.9. The normalized spacial score (nSPS) is 10.6. The van der Waals surface area contributed by atoms with Crippen molar-refractivity contribution < 1.29 is 20.8 Å². The Kier molecular flexibility index (Phi) is 17.3. The zero-order valence-corrected chi connectivity index (χ0v) is 34.0. The molecule has 0 aliphatic rings. The Morgan fingerprint density at radius 2 is 1.04 bits per heavy atom. The molecule has 0 saturated carbocycles. The molecule has 8 heteroatoms. The summed E-state index contributed by atoms with van der Waals surface area (Å²) >= 11 is 16.2. The minimum absolute atomic E-state index is 0.822.